The maximum atomic E-state index is 5.95. The lowest BCUT2D eigenvalue weighted by atomic mass is 10.0. The number of hydrogen-bond acceptors (Lipinski definition) is 4. The molecular formula is C16H20BrN3O. The van der Waals surface area contributed by atoms with Crippen molar-refractivity contribution < 1.29 is 4.74 Å². The highest BCUT2D eigenvalue weighted by atomic mass is 79.9. The van der Waals surface area contributed by atoms with Gasteiger partial charge in [0.25, 0.3) is 0 Å². The van der Waals surface area contributed by atoms with Crippen LogP contribution in [0.1, 0.15) is 36.2 Å². The summed E-state index contributed by atoms with van der Waals surface area (Å²) in [6.07, 6.45) is 1.72. The Hall–Kier alpha value is -1.46. The highest BCUT2D eigenvalue weighted by Gasteiger charge is 2.15. The summed E-state index contributed by atoms with van der Waals surface area (Å²) in [7, 11) is 0. The largest absolute Gasteiger partial charge is 0.437 e. The third-order valence-corrected chi connectivity index (χ3v) is 3.96. The normalized spacial score (nSPS) is 10.7. The fourth-order valence-corrected chi connectivity index (χ4v) is 2.83. The molecule has 0 bridgehead atoms. The van der Waals surface area contributed by atoms with Crippen molar-refractivity contribution in [3.05, 3.63) is 45.1 Å². The van der Waals surface area contributed by atoms with Crippen LogP contribution in [0.25, 0.3) is 0 Å². The van der Waals surface area contributed by atoms with Crippen molar-refractivity contribution in [1.82, 2.24) is 10.2 Å². The van der Waals surface area contributed by atoms with E-state index in [2.05, 4.69) is 40.0 Å². The molecule has 2 rings (SSSR count). The third kappa shape index (κ3) is 3.41. The zero-order chi connectivity index (χ0) is 15.4. The Balaban J connectivity index is 2.44. The summed E-state index contributed by atoms with van der Waals surface area (Å²) in [6, 6.07) is 5.87. The first kappa shape index (κ1) is 15.9. The Bertz CT molecular complexity index is 644. The lowest BCUT2D eigenvalue weighted by Gasteiger charge is -2.15. The first-order chi connectivity index (χ1) is 10.1. The van der Waals surface area contributed by atoms with Gasteiger partial charge >= 0.3 is 0 Å². The molecule has 0 spiro atoms. The molecule has 0 fully saturated rings. The molecule has 1 aromatic heterocycles. The maximum Gasteiger partial charge on any atom is 0.243 e. The number of nitrogens with zero attached hydrogens (tertiary/aromatic N) is 2. The quantitative estimate of drug-likeness (QED) is 0.888. The monoisotopic (exact) mass is 349 g/mol. The highest BCUT2D eigenvalue weighted by Crippen LogP contribution is 2.30. The molecular weight excluding hydrogens is 330 g/mol. The van der Waals surface area contributed by atoms with Gasteiger partial charge in [0.2, 0.25) is 5.88 Å². The molecule has 5 heteroatoms. The Morgan fingerprint density at radius 1 is 1.14 bits per heavy atom. The second-order valence-corrected chi connectivity index (χ2v) is 5.75. The van der Waals surface area contributed by atoms with Gasteiger partial charge in [-0.15, -0.1) is 5.10 Å². The van der Waals surface area contributed by atoms with Gasteiger partial charge in [0.1, 0.15) is 5.75 Å². The van der Waals surface area contributed by atoms with Crippen LogP contribution in [0.2, 0.25) is 0 Å². The Kier molecular flexibility index (Phi) is 5.31. The molecule has 0 unspecified atom stereocenters. The standard InChI is InChI=1S/C16H20BrN3O/c1-4-12-13(9-18)16(20-19-14(12)5-2)21-15-7-6-11(17)8-10(15)3/h6-8H,4-5,9,18H2,1-3H3. The molecule has 2 N–H and O–H groups in total. The van der Waals surface area contributed by atoms with Crippen molar-refractivity contribution in [2.45, 2.75) is 40.2 Å². The number of aromatic nitrogens is 2. The Morgan fingerprint density at radius 3 is 2.48 bits per heavy atom. The minimum atomic E-state index is 0.399. The van der Waals surface area contributed by atoms with Crippen LogP contribution < -0.4 is 10.5 Å². The van der Waals surface area contributed by atoms with Gasteiger partial charge in [-0.3, -0.25) is 0 Å². The zero-order valence-corrected chi connectivity index (χ0v) is 14.2. The SMILES string of the molecule is CCc1nnc(Oc2ccc(Br)cc2C)c(CN)c1CC. The number of hydrogen-bond donors (Lipinski definition) is 1. The zero-order valence-electron chi connectivity index (χ0n) is 12.6. The Morgan fingerprint density at radius 2 is 1.90 bits per heavy atom. The molecule has 2 aromatic rings. The van der Waals surface area contributed by atoms with Crippen LogP contribution in [0.15, 0.2) is 22.7 Å². The van der Waals surface area contributed by atoms with Gasteiger partial charge in [-0.1, -0.05) is 29.8 Å². The summed E-state index contributed by atoms with van der Waals surface area (Å²) in [5.74, 6) is 1.28. The number of halogens is 1. The minimum Gasteiger partial charge on any atom is -0.437 e. The minimum absolute atomic E-state index is 0.399. The molecule has 0 aliphatic heterocycles. The van der Waals surface area contributed by atoms with Gasteiger partial charge in [-0.2, -0.15) is 5.10 Å². The number of benzene rings is 1. The van der Waals surface area contributed by atoms with Gasteiger partial charge in [0.05, 0.1) is 5.69 Å². The third-order valence-electron chi connectivity index (χ3n) is 3.47. The maximum absolute atomic E-state index is 5.95. The van der Waals surface area contributed by atoms with Gasteiger partial charge in [-0.25, -0.2) is 0 Å². The van der Waals surface area contributed by atoms with Crippen molar-refractivity contribution in [3.63, 3.8) is 0 Å². The lowest BCUT2D eigenvalue weighted by Crippen LogP contribution is -2.10. The van der Waals surface area contributed by atoms with Crippen LogP contribution in [0.3, 0.4) is 0 Å². The lowest BCUT2D eigenvalue weighted by molar-refractivity contribution is 0.442. The van der Waals surface area contributed by atoms with E-state index in [0.29, 0.717) is 12.4 Å². The number of rotatable bonds is 5. The summed E-state index contributed by atoms with van der Waals surface area (Å²) < 4.78 is 6.98. The molecule has 4 nitrogen and oxygen atoms in total. The number of ether oxygens (including phenoxy) is 1. The second kappa shape index (κ2) is 7.00. The van der Waals surface area contributed by atoms with E-state index in [0.717, 1.165) is 45.4 Å². The van der Waals surface area contributed by atoms with Crippen molar-refractivity contribution >= 4 is 15.9 Å². The van der Waals surface area contributed by atoms with Crippen LogP contribution in [0.5, 0.6) is 11.6 Å². The fourth-order valence-electron chi connectivity index (χ4n) is 2.36. The van der Waals surface area contributed by atoms with Gasteiger partial charge in [-0.05, 0) is 49.1 Å². The first-order valence-corrected chi connectivity index (χ1v) is 7.91. The van der Waals surface area contributed by atoms with Crippen molar-refractivity contribution in [1.29, 1.82) is 0 Å². The summed E-state index contributed by atoms with van der Waals surface area (Å²) >= 11 is 3.45. The smallest absolute Gasteiger partial charge is 0.243 e. The van der Waals surface area contributed by atoms with E-state index in [1.807, 2.05) is 25.1 Å². The highest BCUT2D eigenvalue weighted by molar-refractivity contribution is 9.10. The van der Waals surface area contributed by atoms with Crippen LogP contribution in [0.4, 0.5) is 0 Å². The van der Waals surface area contributed by atoms with E-state index < -0.39 is 0 Å². The van der Waals surface area contributed by atoms with Gasteiger partial charge < -0.3 is 10.5 Å². The Labute approximate surface area is 133 Å². The number of aryl methyl sites for hydroxylation is 2. The molecule has 1 heterocycles. The molecule has 1 aromatic carbocycles. The topological polar surface area (TPSA) is 61.0 Å². The van der Waals surface area contributed by atoms with E-state index in [4.69, 9.17) is 10.5 Å². The van der Waals surface area contributed by atoms with E-state index in [1.165, 1.54) is 0 Å². The van der Waals surface area contributed by atoms with Crippen LogP contribution in [0, 0.1) is 6.92 Å². The fraction of sp³-hybridized carbons (Fsp3) is 0.375. The summed E-state index contributed by atoms with van der Waals surface area (Å²) in [4.78, 5) is 0. The van der Waals surface area contributed by atoms with Crippen LogP contribution >= 0.6 is 15.9 Å². The molecule has 0 atom stereocenters. The molecule has 0 aliphatic rings. The molecule has 112 valence electrons. The molecule has 0 radical (unpaired) electrons. The van der Waals surface area contributed by atoms with E-state index in [1.54, 1.807) is 0 Å². The van der Waals surface area contributed by atoms with E-state index in [-0.39, 0.29) is 0 Å². The number of nitrogens with two attached hydrogens (primary N) is 1. The molecule has 0 saturated heterocycles. The molecule has 0 amide bonds. The summed E-state index contributed by atoms with van der Waals surface area (Å²) in [5.41, 5.74) is 10.0. The van der Waals surface area contributed by atoms with E-state index in [9.17, 15) is 0 Å². The molecule has 21 heavy (non-hydrogen) atoms. The average molecular weight is 350 g/mol. The van der Waals surface area contributed by atoms with Crippen molar-refractivity contribution in [3.8, 4) is 11.6 Å². The van der Waals surface area contributed by atoms with Gasteiger partial charge in [0, 0.05) is 16.6 Å². The summed E-state index contributed by atoms with van der Waals surface area (Å²) in [5, 5.41) is 8.50. The van der Waals surface area contributed by atoms with Crippen molar-refractivity contribution in [2.24, 2.45) is 5.73 Å². The summed E-state index contributed by atoms with van der Waals surface area (Å²) in [6.45, 7) is 6.57. The van der Waals surface area contributed by atoms with E-state index >= 15 is 0 Å². The molecule has 0 saturated carbocycles. The predicted molar refractivity (Wildman–Crippen MR) is 87.6 cm³/mol. The van der Waals surface area contributed by atoms with Crippen LogP contribution in [-0.2, 0) is 19.4 Å². The second-order valence-electron chi connectivity index (χ2n) is 4.83. The van der Waals surface area contributed by atoms with Crippen molar-refractivity contribution in [2.75, 3.05) is 0 Å². The predicted octanol–water partition coefficient (Wildman–Crippen LogP) is 3.92. The average Bonchev–Trinajstić information content (AvgIpc) is 2.49. The van der Waals surface area contributed by atoms with Gasteiger partial charge in [0.15, 0.2) is 0 Å². The first-order valence-electron chi connectivity index (χ1n) is 7.12. The van der Waals surface area contributed by atoms with Crippen LogP contribution in [-0.4, -0.2) is 10.2 Å². The molecule has 0 aliphatic carbocycles.